The van der Waals surface area contributed by atoms with Gasteiger partial charge in [0, 0.05) is 5.56 Å². The second-order valence-corrected chi connectivity index (χ2v) is 5.39. The minimum absolute atomic E-state index is 0.168. The average Bonchev–Trinajstić information content (AvgIpc) is 2.37. The van der Waals surface area contributed by atoms with E-state index in [0.29, 0.717) is 11.6 Å². The lowest BCUT2D eigenvalue weighted by molar-refractivity contribution is -0.137. The Labute approximate surface area is 125 Å². The van der Waals surface area contributed by atoms with Crippen molar-refractivity contribution in [3.05, 3.63) is 70.0 Å². The molecular weight excluding hydrogens is 304 g/mol. The average molecular weight is 317 g/mol. The van der Waals surface area contributed by atoms with Crippen LogP contribution in [0.25, 0.3) is 0 Å². The van der Waals surface area contributed by atoms with Crippen molar-refractivity contribution >= 4 is 11.6 Å². The summed E-state index contributed by atoms with van der Waals surface area (Å²) in [6.07, 6.45) is -4.53. The van der Waals surface area contributed by atoms with E-state index in [-0.39, 0.29) is 5.56 Å². The van der Waals surface area contributed by atoms with Crippen LogP contribution in [0.1, 0.15) is 33.2 Å². The fourth-order valence-corrected chi connectivity index (χ4v) is 2.60. The molecule has 0 bridgehead atoms. The second kappa shape index (κ2) is 5.68. The van der Waals surface area contributed by atoms with Crippen LogP contribution in [-0.4, -0.2) is 0 Å². The summed E-state index contributed by atoms with van der Waals surface area (Å²) in [5, 5.41) is -0.965. The van der Waals surface area contributed by atoms with Gasteiger partial charge >= 0.3 is 6.18 Å². The molecule has 112 valence electrons. The van der Waals surface area contributed by atoms with Crippen molar-refractivity contribution in [3.8, 4) is 0 Å². The quantitative estimate of drug-likeness (QED) is 0.486. The van der Waals surface area contributed by atoms with Gasteiger partial charge in [-0.25, -0.2) is 4.39 Å². The summed E-state index contributed by atoms with van der Waals surface area (Å²) in [7, 11) is 0. The number of halogens is 5. The first-order valence-electron chi connectivity index (χ1n) is 6.28. The molecule has 1 unspecified atom stereocenters. The Balaban J connectivity index is 2.50. The third-order valence-electron chi connectivity index (χ3n) is 3.29. The Morgan fingerprint density at radius 2 is 1.62 bits per heavy atom. The predicted molar refractivity (Wildman–Crippen MR) is 75.0 cm³/mol. The van der Waals surface area contributed by atoms with Crippen LogP contribution in [-0.2, 0) is 6.18 Å². The Morgan fingerprint density at radius 3 is 2.19 bits per heavy atom. The lowest BCUT2D eigenvalue weighted by atomic mass is 9.97. The van der Waals surface area contributed by atoms with Crippen LogP contribution in [0.4, 0.5) is 17.6 Å². The van der Waals surface area contributed by atoms with Crippen LogP contribution in [0.5, 0.6) is 0 Å². The van der Waals surface area contributed by atoms with Crippen molar-refractivity contribution in [3.63, 3.8) is 0 Å². The second-order valence-electron chi connectivity index (χ2n) is 4.96. The third-order valence-corrected chi connectivity index (χ3v) is 3.76. The molecule has 0 saturated carbocycles. The maximum absolute atomic E-state index is 13.9. The highest BCUT2D eigenvalue weighted by Crippen LogP contribution is 2.37. The fraction of sp³-hybridized carbons (Fsp3) is 0.250. The van der Waals surface area contributed by atoms with Gasteiger partial charge in [-0.2, -0.15) is 13.2 Å². The molecule has 0 nitrogen and oxygen atoms in total. The maximum Gasteiger partial charge on any atom is 0.416 e. The molecule has 0 N–H and O–H groups in total. The van der Waals surface area contributed by atoms with E-state index in [9.17, 15) is 17.6 Å². The van der Waals surface area contributed by atoms with Gasteiger partial charge in [-0.1, -0.05) is 23.8 Å². The summed E-state index contributed by atoms with van der Waals surface area (Å²) >= 11 is 6.21. The fourth-order valence-electron chi connectivity index (χ4n) is 2.19. The van der Waals surface area contributed by atoms with Crippen LogP contribution in [0.2, 0.25) is 0 Å². The third kappa shape index (κ3) is 3.38. The van der Waals surface area contributed by atoms with Gasteiger partial charge in [-0.3, -0.25) is 0 Å². The van der Waals surface area contributed by atoms with E-state index < -0.39 is 22.9 Å². The molecule has 0 saturated heterocycles. The molecule has 2 aromatic carbocycles. The van der Waals surface area contributed by atoms with Gasteiger partial charge < -0.3 is 0 Å². The van der Waals surface area contributed by atoms with E-state index in [2.05, 4.69) is 0 Å². The summed E-state index contributed by atoms with van der Waals surface area (Å²) in [4.78, 5) is 0. The molecule has 5 heteroatoms. The zero-order valence-corrected chi connectivity index (χ0v) is 12.2. The van der Waals surface area contributed by atoms with Gasteiger partial charge in [0.25, 0.3) is 0 Å². The zero-order valence-electron chi connectivity index (χ0n) is 11.4. The lowest BCUT2D eigenvalue weighted by Crippen LogP contribution is -2.08. The number of benzene rings is 2. The number of aryl methyl sites for hydroxylation is 2. The molecule has 0 spiro atoms. The standard InChI is InChI=1S/C16H13ClF4/c1-9-3-5-12(10(2)7-9)15(17)13-8-11(16(19,20)21)4-6-14(13)18/h3-8,15H,1-2H3. The van der Waals surface area contributed by atoms with E-state index in [4.69, 9.17) is 11.6 Å². The van der Waals surface area contributed by atoms with Gasteiger partial charge in [0.15, 0.2) is 0 Å². The van der Waals surface area contributed by atoms with E-state index in [0.717, 1.165) is 23.3 Å². The number of alkyl halides is 4. The summed E-state index contributed by atoms with van der Waals surface area (Å²) in [6, 6.07) is 7.65. The van der Waals surface area contributed by atoms with Crippen molar-refractivity contribution in [1.82, 2.24) is 0 Å². The van der Waals surface area contributed by atoms with E-state index >= 15 is 0 Å². The smallest absolute Gasteiger partial charge is 0.207 e. The molecule has 0 amide bonds. The minimum Gasteiger partial charge on any atom is -0.207 e. The lowest BCUT2D eigenvalue weighted by Gasteiger charge is -2.16. The maximum atomic E-state index is 13.9. The van der Waals surface area contributed by atoms with Crippen molar-refractivity contribution in [2.24, 2.45) is 0 Å². The van der Waals surface area contributed by atoms with Crippen molar-refractivity contribution in [2.45, 2.75) is 25.4 Å². The van der Waals surface area contributed by atoms with Crippen molar-refractivity contribution in [1.29, 1.82) is 0 Å². The topological polar surface area (TPSA) is 0 Å². The van der Waals surface area contributed by atoms with E-state index in [1.807, 2.05) is 13.0 Å². The zero-order chi connectivity index (χ0) is 15.8. The van der Waals surface area contributed by atoms with Crippen LogP contribution < -0.4 is 0 Å². The monoisotopic (exact) mass is 316 g/mol. The Hall–Kier alpha value is -1.55. The molecule has 0 fully saturated rings. The molecule has 0 aliphatic heterocycles. The van der Waals surface area contributed by atoms with E-state index in [1.54, 1.807) is 19.1 Å². The van der Waals surface area contributed by atoms with Gasteiger partial charge in [-0.05, 0) is 43.2 Å². The molecule has 2 aromatic rings. The Morgan fingerprint density at radius 1 is 0.952 bits per heavy atom. The molecule has 0 aliphatic carbocycles. The SMILES string of the molecule is Cc1ccc(C(Cl)c2cc(C(F)(F)F)ccc2F)c(C)c1. The molecule has 0 heterocycles. The number of hydrogen-bond donors (Lipinski definition) is 0. The van der Waals surface area contributed by atoms with Gasteiger partial charge in [0.05, 0.1) is 10.9 Å². The highest BCUT2D eigenvalue weighted by Gasteiger charge is 2.32. The van der Waals surface area contributed by atoms with Gasteiger partial charge in [-0.15, -0.1) is 11.6 Å². The van der Waals surface area contributed by atoms with Crippen molar-refractivity contribution < 1.29 is 17.6 Å². The molecule has 0 aromatic heterocycles. The van der Waals surface area contributed by atoms with Crippen LogP contribution in [0.3, 0.4) is 0 Å². The Bertz CT molecular complexity index is 662. The van der Waals surface area contributed by atoms with E-state index in [1.165, 1.54) is 0 Å². The molecule has 1 atom stereocenters. The molecule has 0 aliphatic rings. The molecule has 2 rings (SSSR count). The summed E-state index contributed by atoms with van der Waals surface area (Å²) < 4.78 is 52.0. The summed E-state index contributed by atoms with van der Waals surface area (Å²) in [5.74, 6) is -0.747. The number of rotatable bonds is 2. The highest BCUT2D eigenvalue weighted by atomic mass is 35.5. The van der Waals surface area contributed by atoms with Crippen LogP contribution in [0.15, 0.2) is 36.4 Å². The summed E-state index contributed by atoms with van der Waals surface area (Å²) in [5.41, 5.74) is 1.34. The molecular formula is C16H13ClF4. The Kier molecular flexibility index (Phi) is 4.28. The normalized spacial score (nSPS) is 13.3. The highest BCUT2D eigenvalue weighted by molar-refractivity contribution is 6.22. The first-order chi connectivity index (χ1) is 9.70. The van der Waals surface area contributed by atoms with Gasteiger partial charge in [0.1, 0.15) is 5.82 Å². The van der Waals surface area contributed by atoms with Crippen LogP contribution >= 0.6 is 11.6 Å². The molecule has 0 radical (unpaired) electrons. The van der Waals surface area contributed by atoms with Gasteiger partial charge in [0.2, 0.25) is 0 Å². The predicted octanol–water partition coefficient (Wildman–Crippen LogP) is 5.79. The largest absolute Gasteiger partial charge is 0.416 e. The van der Waals surface area contributed by atoms with Crippen molar-refractivity contribution in [2.75, 3.05) is 0 Å². The number of hydrogen-bond acceptors (Lipinski definition) is 0. The minimum atomic E-state index is -4.53. The first kappa shape index (κ1) is 15.8. The first-order valence-corrected chi connectivity index (χ1v) is 6.71. The van der Waals surface area contributed by atoms with Crippen LogP contribution in [0, 0.1) is 19.7 Å². The summed E-state index contributed by atoms with van der Waals surface area (Å²) in [6.45, 7) is 3.69. The molecule has 21 heavy (non-hydrogen) atoms.